The normalized spacial score (nSPS) is 24.1. The Morgan fingerprint density at radius 3 is 2.55 bits per heavy atom. The zero-order valence-corrected chi connectivity index (χ0v) is 13.3. The van der Waals surface area contributed by atoms with E-state index in [1.54, 1.807) is 14.2 Å². The Kier molecular flexibility index (Phi) is 4.59. The van der Waals surface area contributed by atoms with Crippen LogP contribution in [0.2, 0.25) is 0 Å². The van der Waals surface area contributed by atoms with Gasteiger partial charge in [0.1, 0.15) is 11.5 Å². The Bertz CT molecular complexity index is 456. The quantitative estimate of drug-likeness (QED) is 0.862. The second-order valence-corrected chi connectivity index (χ2v) is 6.22. The molecular weight excluding hydrogens is 250 g/mol. The van der Waals surface area contributed by atoms with Gasteiger partial charge in [0.2, 0.25) is 0 Å². The van der Waals surface area contributed by atoms with Crippen LogP contribution in [-0.2, 0) is 0 Å². The van der Waals surface area contributed by atoms with Crippen molar-refractivity contribution in [1.29, 1.82) is 0 Å². The highest BCUT2D eigenvalue weighted by molar-refractivity contribution is 5.45. The van der Waals surface area contributed by atoms with Crippen LogP contribution in [0.15, 0.2) is 18.2 Å². The van der Waals surface area contributed by atoms with Crippen molar-refractivity contribution >= 4 is 0 Å². The number of ether oxygens (including phenoxy) is 2. The monoisotopic (exact) mass is 277 g/mol. The molecule has 1 aromatic carbocycles. The smallest absolute Gasteiger partial charge is 0.122 e. The van der Waals surface area contributed by atoms with E-state index in [9.17, 15) is 0 Å². The second-order valence-electron chi connectivity index (χ2n) is 6.22. The van der Waals surface area contributed by atoms with Crippen molar-refractivity contribution in [3.8, 4) is 11.5 Å². The van der Waals surface area contributed by atoms with Crippen LogP contribution in [0.3, 0.4) is 0 Å². The topological polar surface area (TPSA) is 30.5 Å². The van der Waals surface area contributed by atoms with E-state index in [4.69, 9.17) is 9.47 Å². The van der Waals surface area contributed by atoms with Crippen LogP contribution in [0.5, 0.6) is 11.5 Å². The number of nitrogens with one attached hydrogen (secondary N) is 1. The molecule has 0 aliphatic heterocycles. The Morgan fingerprint density at radius 2 is 2.00 bits per heavy atom. The Labute approximate surface area is 122 Å². The molecule has 1 aliphatic rings. The third-order valence-corrected chi connectivity index (χ3v) is 4.72. The lowest BCUT2D eigenvalue weighted by Gasteiger charge is -2.53. The summed E-state index contributed by atoms with van der Waals surface area (Å²) in [6, 6.07) is 6.68. The molecule has 2 rings (SSSR count). The van der Waals surface area contributed by atoms with Gasteiger partial charge in [-0.3, -0.25) is 0 Å². The van der Waals surface area contributed by atoms with Crippen LogP contribution in [0.1, 0.15) is 45.1 Å². The number of benzene rings is 1. The fourth-order valence-corrected chi connectivity index (χ4v) is 3.23. The van der Waals surface area contributed by atoms with E-state index in [0.717, 1.165) is 24.5 Å². The lowest BCUT2D eigenvalue weighted by Crippen LogP contribution is -2.55. The van der Waals surface area contributed by atoms with Gasteiger partial charge in [-0.05, 0) is 48.9 Å². The minimum atomic E-state index is 0.245. The molecule has 1 saturated carbocycles. The molecule has 3 heteroatoms. The first-order chi connectivity index (χ1) is 9.54. The summed E-state index contributed by atoms with van der Waals surface area (Å²) in [4.78, 5) is 0. The summed E-state index contributed by atoms with van der Waals surface area (Å²) in [6.45, 7) is 7.98. The molecule has 0 aromatic heterocycles. The molecule has 2 atom stereocenters. The molecule has 0 radical (unpaired) electrons. The predicted molar refractivity (Wildman–Crippen MR) is 82.8 cm³/mol. The van der Waals surface area contributed by atoms with Crippen LogP contribution in [-0.4, -0.2) is 26.8 Å². The van der Waals surface area contributed by atoms with Crippen molar-refractivity contribution < 1.29 is 9.47 Å². The molecular formula is C17H27NO2. The fraction of sp³-hybridized carbons (Fsp3) is 0.647. The van der Waals surface area contributed by atoms with Crippen LogP contribution in [0.25, 0.3) is 0 Å². The van der Waals surface area contributed by atoms with E-state index < -0.39 is 0 Å². The molecule has 2 unspecified atom stereocenters. The average molecular weight is 277 g/mol. The number of methoxy groups -OCH3 is 2. The van der Waals surface area contributed by atoms with Gasteiger partial charge in [0.15, 0.2) is 0 Å². The van der Waals surface area contributed by atoms with Crippen LogP contribution in [0, 0.1) is 5.41 Å². The number of hydrogen-bond acceptors (Lipinski definition) is 3. The van der Waals surface area contributed by atoms with Gasteiger partial charge in [-0.1, -0.05) is 20.8 Å². The zero-order chi connectivity index (χ0) is 14.8. The van der Waals surface area contributed by atoms with E-state index in [-0.39, 0.29) is 5.41 Å². The van der Waals surface area contributed by atoms with Crippen molar-refractivity contribution in [1.82, 2.24) is 5.32 Å². The molecule has 1 aliphatic carbocycles. The van der Waals surface area contributed by atoms with Crippen LogP contribution in [0.4, 0.5) is 0 Å². The zero-order valence-electron chi connectivity index (χ0n) is 13.3. The molecule has 0 amide bonds. The predicted octanol–water partition coefficient (Wildman–Crippen LogP) is 3.59. The maximum atomic E-state index is 5.54. The third kappa shape index (κ3) is 2.64. The molecule has 1 fully saturated rings. The minimum absolute atomic E-state index is 0.245. The van der Waals surface area contributed by atoms with Crippen molar-refractivity contribution in [2.45, 2.75) is 45.6 Å². The largest absolute Gasteiger partial charge is 0.497 e. The Hall–Kier alpha value is -1.22. The van der Waals surface area contributed by atoms with E-state index in [0.29, 0.717) is 12.0 Å². The summed E-state index contributed by atoms with van der Waals surface area (Å²) in [7, 11) is 3.45. The molecule has 0 heterocycles. The van der Waals surface area contributed by atoms with Gasteiger partial charge < -0.3 is 14.8 Å². The van der Waals surface area contributed by atoms with Gasteiger partial charge >= 0.3 is 0 Å². The van der Waals surface area contributed by atoms with Gasteiger partial charge in [0.05, 0.1) is 14.2 Å². The van der Waals surface area contributed by atoms with Crippen LogP contribution < -0.4 is 14.8 Å². The lowest BCUT2D eigenvalue weighted by atomic mass is 9.56. The van der Waals surface area contributed by atoms with Crippen molar-refractivity contribution in [2.24, 2.45) is 5.41 Å². The van der Waals surface area contributed by atoms with Crippen molar-refractivity contribution in [2.75, 3.05) is 20.8 Å². The molecule has 112 valence electrons. The average Bonchev–Trinajstić information content (AvgIpc) is 2.46. The van der Waals surface area contributed by atoms with Crippen molar-refractivity contribution in [3.63, 3.8) is 0 Å². The maximum Gasteiger partial charge on any atom is 0.122 e. The Balaban J connectivity index is 2.20. The van der Waals surface area contributed by atoms with Gasteiger partial charge in [-0.25, -0.2) is 0 Å². The van der Waals surface area contributed by atoms with Crippen LogP contribution >= 0.6 is 0 Å². The standard InChI is InChI=1S/C17H27NO2/c1-6-9-18-16-11-14(17(16,2)3)13-10-12(19-4)7-8-15(13)20-5/h7-8,10,14,16,18H,6,9,11H2,1-5H3. The molecule has 0 bridgehead atoms. The minimum Gasteiger partial charge on any atom is -0.497 e. The molecule has 0 spiro atoms. The molecule has 1 aromatic rings. The molecule has 1 N–H and O–H groups in total. The molecule has 3 nitrogen and oxygen atoms in total. The molecule has 20 heavy (non-hydrogen) atoms. The van der Waals surface area contributed by atoms with Gasteiger partial charge in [0, 0.05) is 11.6 Å². The van der Waals surface area contributed by atoms with E-state index in [1.165, 1.54) is 12.0 Å². The van der Waals surface area contributed by atoms with Gasteiger partial charge in [-0.15, -0.1) is 0 Å². The van der Waals surface area contributed by atoms with E-state index in [2.05, 4.69) is 32.2 Å². The van der Waals surface area contributed by atoms with E-state index in [1.807, 2.05) is 12.1 Å². The van der Waals surface area contributed by atoms with Gasteiger partial charge in [-0.2, -0.15) is 0 Å². The summed E-state index contributed by atoms with van der Waals surface area (Å²) < 4.78 is 10.9. The summed E-state index contributed by atoms with van der Waals surface area (Å²) >= 11 is 0. The van der Waals surface area contributed by atoms with E-state index >= 15 is 0 Å². The Morgan fingerprint density at radius 1 is 1.25 bits per heavy atom. The SMILES string of the molecule is CCCNC1CC(c2cc(OC)ccc2OC)C1(C)C. The first-order valence-corrected chi connectivity index (χ1v) is 7.49. The maximum absolute atomic E-state index is 5.54. The fourth-order valence-electron chi connectivity index (χ4n) is 3.23. The summed E-state index contributed by atoms with van der Waals surface area (Å²) in [6.07, 6.45) is 2.34. The van der Waals surface area contributed by atoms with Gasteiger partial charge in [0.25, 0.3) is 0 Å². The summed E-state index contributed by atoms with van der Waals surface area (Å²) in [5.74, 6) is 2.39. The number of rotatable bonds is 6. The number of hydrogen-bond donors (Lipinski definition) is 1. The summed E-state index contributed by atoms with van der Waals surface area (Å²) in [5, 5.41) is 3.65. The summed E-state index contributed by atoms with van der Waals surface area (Å²) in [5.41, 5.74) is 1.51. The highest BCUT2D eigenvalue weighted by Crippen LogP contribution is 2.54. The highest BCUT2D eigenvalue weighted by Gasteiger charge is 2.49. The first kappa shape index (κ1) is 15.2. The first-order valence-electron chi connectivity index (χ1n) is 7.49. The van der Waals surface area contributed by atoms with Crippen molar-refractivity contribution in [3.05, 3.63) is 23.8 Å². The molecule has 0 saturated heterocycles. The second kappa shape index (κ2) is 6.04. The third-order valence-electron chi connectivity index (χ3n) is 4.72. The highest BCUT2D eigenvalue weighted by atomic mass is 16.5. The lowest BCUT2D eigenvalue weighted by molar-refractivity contribution is 0.0677.